The quantitative estimate of drug-likeness (QED) is 0.171. The van der Waals surface area contributed by atoms with E-state index in [0.717, 1.165) is 37.2 Å². The lowest BCUT2D eigenvalue weighted by Gasteiger charge is -2.25. The molecular weight excluding hydrogens is 1430 g/mol. The Hall–Kier alpha value is -5.70. The maximum absolute atomic E-state index is 5.81. The average molecular weight is 1620 g/mol. The second-order valence-electron chi connectivity index (χ2n) is 51.6. The minimum atomic E-state index is 0.115. The third kappa shape index (κ3) is 43.1. The minimum Gasteiger partial charge on any atom is -0.465 e. The first kappa shape index (κ1) is 109. The van der Waals surface area contributed by atoms with Crippen LogP contribution in [0.5, 0.6) is 0 Å². The maximum Gasteiger partial charge on any atom is 0.109 e. The van der Waals surface area contributed by atoms with E-state index >= 15 is 0 Å². The first-order valence-corrected chi connectivity index (χ1v) is 45.5. The van der Waals surface area contributed by atoms with Crippen molar-refractivity contribution in [2.45, 2.75) is 444 Å². The summed E-state index contributed by atoms with van der Waals surface area (Å²) in [6.07, 6.45) is 4.61. The highest BCUT2D eigenvalue weighted by Crippen LogP contribution is 2.38. The molecule has 0 amide bonds. The van der Waals surface area contributed by atoms with Crippen molar-refractivity contribution in [3.63, 3.8) is 0 Å². The molecule has 658 valence electrons. The molecular formula is C115H186OS. The van der Waals surface area contributed by atoms with Gasteiger partial charge in [0.1, 0.15) is 11.5 Å². The summed E-state index contributed by atoms with van der Waals surface area (Å²) in [6, 6.07) is 56.6. The zero-order valence-electron chi connectivity index (χ0n) is 86.6. The molecule has 0 saturated carbocycles. The molecule has 1 nitrogen and oxygen atoms in total. The zero-order valence-corrected chi connectivity index (χ0v) is 87.4. The van der Waals surface area contributed by atoms with Crippen LogP contribution >= 0.6 is 11.3 Å². The van der Waals surface area contributed by atoms with Gasteiger partial charge in [0.15, 0.2) is 0 Å². The van der Waals surface area contributed by atoms with Gasteiger partial charge in [-0.1, -0.05) is 460 Å². The maximum atomic E-state index is 5.81. The molecule has 0 spiro atoms. The van der Waals surface area contributed by atoms with Gasteiger partial charge >= 0.3 is 0 Å². The molecule has 0 N–H and O–H groups in total. The molecule has 0 saturated heterocycles. The summed E-state index contributed by atoms with van der Waals surface area (Å²) < 4.78 is 5.81. The van der Waals surface area contributed by atoms with Gasteiger partial charge in [-0.25, -0.2) is 0 Å². The fraction of sp³-hybridized carbons (Fsp3) is 0.617. The van der Waals surface area contributed by atoms with Crippen molar-refractivity contribution >= 4 is 11.3 Å². The van der Waals surface area contributed by atoms with E-state index in [1.54, 1.807) is 0 Å². The summed E-state index contributed by atoms with van der Waals surface area (Å²) in [4.78, 5) is 2.97. The van der Waals surface area contributed by atoms with Crippen LogP contribution in [0.1, 0.15) is 437 Å². The van der Waals surface area contributed by atoms with Crippen LogP contribution in [0.4, 0.5) is 0 Å². The molecule has 0 unspecified atom stereocenters. The third-order valence-corrected chi connectivity index (χ3v) is 22.5. The number of aryl methyl sites for hydroxylation is 3. The van der Waals surface area contributed by atoms with E-state index < -0.39 is 0 Å². The molecule has 8 rings (SSSR count). The van der Waals surface area contributed by atoms with Crippen molar-refractivity contribution in [1.82, 2.24) is 0 Å². The van der Waals surface area contributed by atoms with Crippen LogP contribution < -0.4 is 0 Å². The standard InChI is InChI=1S/2C16H26.3C15H24.C14H22.C12H20O.C12H20S/c1-12-10-14(16(5,6)7)9-8-13(12)11-15(2,3)4;1-12-10-13(11-15(2,3)4)8-9-14(12)16(5,6)7;1-11-10-12(14(2,3)4)8-9-13(11)15(5,6)7;2*1-14(2,3)11-12-7-9-13(10-8-12)15(4,5)6;1-13(2,3)11-7-9-12(10-8-11)14(4,5)6;2*1-11(2,3)9-7-8-10(13-9)12(4,5)6/h2*8-10H,11H2,1-7H3;8-10H,1-7H3;2*7-10H,11H2,1-6H3;7-10H,1-6H3;2*7-8H,1-6H3. The molecule has 0 aliphatic heterocycles. The third-order valence-electron chi connectivity index (χ3n) is 20.6. The molecule has 0 fully saturated rings. The number of hydrogen-bond donors (Lipinski definition) is 0. The van der Waals surface area contributed by atoms with Crippen LogP contribution in [0, 0.1) is 42.4 Å². The fourth-order valence-corrected chi connectivity index (χ4v) is 14.5. The largest absolute Gasteiger partial charge is 0.465 e. The Kier molecular flexibility index (Phi) is 38.7. The van der Waals surface area contributed by atoms with Crippen molar-refractivity contribution in [2.75, 3.05) is 0 Å². The minimum absolute atomic E-state index is 0.115. The number of hydrogen-bond acceptors (Lipinski definition) is 2. The van der Waals surface area contributed by atoms with Crippen LogP contribution in [0.2, 0.25) is 0 Å². The summed E-state index contributed by atoms with van der Waals surface area (Å²) >= 11 is 1.95. The Morgan fingerprint density at radius 1 is 0.197 bits per heavy atom. The Labute approximate surface area is 732 Å². The Balaban J connectivity index is 0.000000669. The summed E-state index contributed by atoms with van der Waals surface area (Å²) in [5.74, 6) is 2.13. The molecule has 0 aliphatic rings. The molecule has 8 aromatic rings. The first-order chi connectivity index (χ1) is 51.8. The highest BCUT2D eigenvalue weighted by atomic mass is 32.1. The molecule has 0 atom stereocenters. The van der Waals surface area contributed by atoms with E-state index in [1.807, 2.05) is 11.3 Å². The van der Waals surface area contributed by atoms with Gasteiger partial charge < -0.3 is 4.42 Å². The van der Waals surface area contributed by atoms with Crippen LogP contribution in [0.15, 0.2) is 156 Å². The molecule has 117 heavy (non-hydrogen) atoms. The zero-order chi connectivity index (χ0) is 91.9. The van der Waals surface area contributed by atoms with Crippen molar-refractivity contribution < 1.29 is 4.42 Å². The fourth-order valence-electron chi connectivity index (χ4n) is 13.4. The summed E-state index contributed by atoms with van der Waals surface area (Å²) in [6.45, 7) is 115. The van der Waals surface area contributed by atoms with Crippen molar-refractivity contribution in [2.24, 2.45) is 21.7 Å². The number of thiophene rings is 1. The highest BCUT2D eigenvalue weighted by molar-refractivity contribution is 7.12. The predicted octanol–water partition coefficient (Wildman–Crippen LogP) is 36.0. The second kappa shape index (κ2) is 41.4. The smallest absolute Gasteiger partial charge is 0.109 e. The summed E-state index contributed by atoms with van der Waals surface area (Å²) in [7, 11) is 0. The van der Waals surface area contributed by atoms with Crippen LogP contribution in [0.3, 0.4) is 0 Å². The molecule has 0 bridgehead atoms. The monoisotopic (exact) mass is 1620 g/mol. The van der Waals surface area contributed by atoms with Gasteiger partial charge in [0.25, 0.3) is 0 Å². The van der Waals surface area contributed by atoms with E-state index in [1.165, 1.54) is 93.2 Å². The van der Waals surface area contributed by atoms with Gasteiger partial charge in [0, 0.05) is 20.6 Å². The van der Waals surface area contributed by atoms with Crippen LogP contribution in [-0.4, -0.2) is 0 Å². The van der Waals surface area contributed by atoms with E-state index in [9.17, 15) is 0 Å². The lowest BCUT2D eigenvalue weighted by atomic mass is 9.80. The lowest BCUT2D eigenvalue weighted by molar-refractivity contribution is 0.344. The lowest BCUT2D eigenvalue weighted by Crippen LogP contribution is -2.16. The van der Waals surface area contributed by atoms with Gasteiger partial charge in [-0.3, -0.25) is 0 Å². The SMILES string of the molecule is CC(C)(C)Cc1ccc(C(C)(C)C)cc1.CC(C)(C)Cc1ccc(C(C)(C)C)cc1.CC(C)(C)c1ccc(C(C)(C)C)cc1.CC(C)(C)c1ccc(C(C)(C)C)o1.CC(C)(C)c1ccc(C(C)(C)C)s1.Cc1cc(C(C)(C)C)ccc1C(C)(C)C.Cc1cc(C(C)(C)C)ccc1CC(C)(C)C.Cc1cc(CC(C)(C)C)ccc1C(C)(C)C. The highest BCUT2D eigenvalue weighted by Gasteiger charge is 2.27. The second-order valence-corrected chi connectivity index (χ2v) is 52.7. The molecule has 0 radical (unpaired) electrons. The Morgan fingerprint density at radius 2 is 0.427 bits per heavy atom. The predicted molar refractivity (Wildman–Crippen MR) is 533 cm³/mol. The van der Waals surface area contributed by atoms with Gasteiger partial charge in [-0.15, -0.1) is 11.3 Å². The summed E-state index contributed by atoms with van der Waals surface area (Å²) in [5, 5.41) is 0. The van der Waals surface area contributed by atoms with Gasteiger partial charge in [0.05, 0.1) is 0 Å². The Morgan fingerprint density at radius 3 is 0.641 bits per heavy atom. The van der Waals surface area contributed by atoms with Gasteiger partial charge in [0.2, 0.25) is 0 Å². The van der Waals surface area contributed by atoms with Crippen molar-refractivity contribution in [1.29, 1.82) is 0 Å². The van der Waals surface area contributed by atoms with Crippen LogP contribution in [0.25, 0.3) is 0 Å². The topological polar surface area (TPSA) is 13.1 Å². The van der Waals surface area contributed by atoms with E-state index in [-0.39, 0.29) is 54.1 Å². The van der Waals surface area contributed by atoms with E-state index in [0.29, 0.717) is 32.5 Å². The van der Waals surface area contributed by atoms with E-state index in [4.69, 9.17) is 4.42 Å². The summed E-state index contributed by atoms with van der Waals surface area (Å²) in [5.41, 5.74) is 25.9. The van der Waals surface area contributed by atoms with Crippen LogP contribution in [-0.2, 0) is 90.7 Å². The number of benzene rings is 6. The van der Waals surface area contributed by atoms with Crippen molar-refractivity contribution in [3.05, 3.63) is 256 Å². The van der Waals surface area contributed by atoms with E-state index in [2.05, 4.69) is 505 Å². The Bertz CT molecular complexity index is 3970. The first-order valence-electron chi connectivity index (χ1n) is 44.6. The number of furan rings is 1. The normalized spacial score (nSPS) is 13.1. The molecule has 0 aliphatic carbocycles. The average Bonchev–Trinajstić information content (AvgIpc) is 1.74. The van der Waals surface area contributed by atoms with Gasteiger partial charge in [-0.05, 0) is 230 Å². The molecule has 2 heterocycles. The number of rotatable bonds is 4. The molecule has 2 heteroatoms. The molecule has 6 aromatic carbocycles. The van der Waals surface area contributed by atoms with Crippen molar-refractivity contribution in [3.8, 4) is 0 Å². The van der Waals surface area contributed by atoms with Gasteiger partial charge in [-0.2, -0.15) is 0 Å². The molecule has 2 aromatic heterocycles.